The van der Waals surface area contributed by atoms with Crippen LogP contribution in [0.25, 0.3) is 5.65 Å². The molecular formula is C17H23N5O2. The van der Waals surface area contributed by atoms with Gasteiger partial charge in [-0.15, -0.1) is 0 Å². The van der Waals surface area contributed by atoms with Gasteiger partial charge >= 0.3 is 0 Å². The van der Waals surface area contributed by atoms with Gasteiger partial charge in [-0.25, -0.2) is 9.97 Å². The summed E-state index contributed by atoms with van der Waals surface area (Å²) >= 11 is 0. The highest BCUT2D eigenvalue weighted by atomic mass is 16.5. The van der Waals surface area contributed by atoms with Gasteiger partial charge in [0, 0.05) is 57.0 Å². The van der Waals surface area contributed by atoms with E-state index in [0.717, 1.165) is 45.8 Å². The Morgan fingerprint density at radius 3 is 2.71 bits per heavy atom. The minimum atomic E-state index is -0.0130. The topological polar surface area (TPSA) is 63.0 Å². The van der Waals surface area contributed by atoms with Crippen LogP contribution in [0.1, 0.15) is 23.8 Å². The number of amides is 1. The first-order chi connectivity index (χ1) is 11.8. The molecule has 2 aromatic heterocycles. The van der Waals surface area contributed by atoms with Gasteiger partial charge in [-0.1, -0.05) is 13.3 Å². The number of fused-ring (bicyclic) bond motifs is 1. The van der Waals surface area contributed by atoms with Crippen molar-refractivity contribution < 1.29 is 9.53 Å². The van der Waals surface area contributed by atoms with Crippen molar-refractivity contribution in [3.63, 3.8) is 0 Å². The van der Waals surface area contributed by atoms with Crippen molar-refractivity contribution in [3.05, 3.63) is 30.5 Å². The van der Waals surface area contributed by atoms with E-state index in [0.29, 0.717) is 23.3 Å². The highest BCUT2D eigenvalue weighted by molar-refractivity contribution is 5.97. The van der Waals surface area contributed by atoms with Crippen molar-refractivity contribution in [1.29, 1.82) is 0 Å². The third-order valence-electron chi connectivity index (χ3n) is 5.25. The second-order valence-corrected chi connectivity index (χ2v) is 6.53. The number of ether oxygens (including phenoxy) is 1. The maximum absolute atomic E-state index is 13.0. The van der Waals surface area contributed by atoms with Crippen LogP contribution >= 0.6 is 0 Å². The molecule has 2 aliphatic heterocycles. The molecule has 2 aromatic rings. The van der Waals surface area contributed by atoms with Crippen molar-refractivity contribution >= 4 is 11.6 Å². The summed E-state index contributed by atoms with van der Waals surface area (Å²) in [4.78, 5) is 26.0. The molecule has 24 heavy (non-hydrogen) atoms. The lowest BCUT2D eigenvalue weighted by Crippen LogP contribution is -2.47. The zero-order chi connectivity index (χ0) is 16.5. The highest BCUT2D eigenvalue weighted by Crippen LogP contribution is 2.27. The molecule has 0 aliphatic carbocycles. The van der Waals surface area contributed by atoms with Crippen molar-refractivity contribution in [2.45, 2.75) is 19.4 Å². The summed E-state index contributed by atoms with van der Waals surface area (Å²) in [5.74, 6) is 0.493. The monoisotopic (exact) mass is 329 g/mol. The second-order valence-electron chi connectivity index (χ2n) is 6.53. The molecule has 0 spiro atoms. The maximum atomic E-state index is 13.0. The van der Waals surface area contributed by atoms with Crippen LogP contribution in [0.2, 0.25) is 0 Å². The second kappa shape index (κ2) is 6.49. The van der Waals surface area contributed by atoms with Crippen LogP contribution in [0.15, 0.2) is 24.8 Å². The Balaban J connectivity index is 1.56. The van der Waals surface area contributed by atoms with Gasteiger partial charge in [0.25, 0.3) is 5.91 Å². The zero-order valence-electron chi connectivity index (χ0n) is 14.0. The van der Waals surface area contributed by atoms with E-state index in [4.69, 9.17) is 4.74 Å². The van der Waals surface area contributed by atoms with Gasteiger partial charge in [0.2, 0.25) is 0 Å². The lowest BCUT2D eigenvalue weighted by molar-refractivity contribution is 0.0102. The Kier molecular flexibility index (Phi) is 4.20. The first kappa shape index (κ1) is 15.5. The molecule has 0 N–H and O–H groups in total. The average molecular weight is 329 g/mol. The molecule has 128 valence electrons. The fourth-order valence-electron chi connectivity index (χ4n) is 3.90. The van der Waals surface area contributed by atoms with Gasteiger partial charge < -0.3 is 14.0 Å². The van der Waals surface area contributed by atoms with Gasteiger partial charge in [0.1, 0.15) is 0 Å². The number of likely N-dealkylation sites (tertiary alicyclic amines) is 1. The van der Waals surface area contributed by atoms with Crippen LogP contribution in [0.3, 0.4) is 0 Å². The van der Waals surface area contributed by atoms with E-state index in [1.54, 1.807) is 12.4 Å². The van der Waals surface area contributed by atoms with Crippen LogP contribution in [-0.4, -0.2) is 75.5 Å². The normalized spacial score (nSPS) is 25.5. The van der Waals surface area contributed by atoms with Gasteiger partial charge in [0.15, 0.2) is 11.3 Å². The number of carbonyl (C=O) groups is 1. The minimum Gasteiger partial charge on any atom is -0.379 e. The molecule has 7 nitrogen and oxygen atoms in total. The van der Waals surface area contributed by atoms with Crippen molar-refractivity contribution in [2.75, 3.05) is 39.4 Å². The Labute approximate surface area is 141 Å². The van der Waals surface area contributed by atoms with Gasteiger partial charge in [-0.2, -0.15) is 0 Å². The molecule has 2 fully saturated rings. The largest absolute Gasteiger partial charge is 0.379 e. The summed E-state index contributed by atoms with van der Waals surface area (Å²) in [6.07, 6.45) is 8.09. The smallest absolute Gasteiger partial charge is 0.276 e. The Morgan fingerprint density at radius 1 is 1.21 bits per heavy atom. The Hall–Kier alpha value is -1.99. The van der Waals surface area contributed by atoms with Crippen molar-refractivity contribution in [3.8, 4) is 0 Å². The SMILES string of the molecule is CC[C@H]1CN(C(=O)c2nccn3ccnc23)C[C@H]1N1CCOCC1. The number of carbonyl (C=O) groups excluding carboxylic acids is 1. The fourth-order valence-corrected chi connectivity index (χ4v) is 3.90. The molecule has 4 heterocycles. The number of hydrogen-bond donors (Lipinski definition) is 0. The van der Waals surface area contributed by atoms with E-state index in [2.05, 4.69) is 21.8 Å². The molecule has 2 aliphatic rings. The summed E-state index contributed by atoms with van der Waals surface area (Å²) in [6, 6.07) is 0.419. The molecule has 2 atom stereocenters. The maximum Gasteiger partial charge on any atom is 0.276 e. The van der Waals surface area contributed by atoms with Gasteiger partial charge in [-0.05, 0) is 5.92 Å². The quantitative estimate of drug-likeness (QED) is 0.838. The predicted molar refractivity (Wildman–Crippen MR) is 88.9 cm³/mol. The van der Waals surface area contributed by atoms with Crippen LogP contribution in [0.5, 0.6) is 0 Å². The number of rotatable bonds is 3. The number of aromatic nitrogens is 3. The van der Waals surface area contributed by atoms with Crippen LogP contribution in [0, 0.1) is 5.92 Å². The molecule has 2 saturated heterocycles. The lowest BCUT2D eigenvalue weighted by atomic mass is 9.99. The fraction of sp³-hybridized carbons (Fsp3) is 0.588. The van der Waals surface area contributed by atoms with E-state index in [9.17, 15) is 4.79 Å². The van der Waals surface area contributed by atoms with E-state index in [1.807, 2.05) is 21.7 Å². The summed E-state index contributed by atoms with van der Waals surface area (Å²) in [5, 5.41) is 0. The number of morpholine rings is 1. The first-order valence-corrected chi connectivity index (χ1v) is 8.66. The lowest BCUT2D eigenvalue weighted by Gasteiger charge is -2.34. The van der Waals surface area contributed by atoms with Gasteiger partial charge in [-0.3, -0.25) is 9.69 Å². The summed E-state index contributed by atoms with van der Waals surface area (Å²) in [7, 11) is 0. The van der Waals surface area contributed by atoms with Crippen molar-refractivity contribution in [1.82, 2.24) is 24.2 Å². The number of nitrogens with zero attached hydrogens (tertiary/aromatic N) is 5. The van der Waals surface area contributed by atoms with E-state index in [-0.39, 0.29) is 5.91 Å². The van der Waals surface area contributed by atoms with E-state index < -0.39 is 0 Å². The number of imidazole rings is 1. The Bertz CT molecular complexity index is 725. The molecular weight excluding hydrogens is 306 g/mol. The molecule has 0 bridgehead atoms. The van der Waals surface area contributed by atoms with Crippen LogP contribution in [0.4, 0.5) is 0 Å². The average Bonchev–Trinajstić information content (AvgIpc) is 3.28. The third kappa shape index (κ3) is 2.67. The molecule has 7 heteroatoms. The zero-order valence-corrected chi connectivity index (χ0v) is 14.0. The summed E-state index contributed by atoms with van der Waals surface area (Å²) in [6.45, 7) is 7.25. The molecule has 0 saturated carbocycles. The molecule has 0 unspecified atom stereocenters. The molecule has 1 amide bonds. The summed E-state index contributed by atoms with van der Waals surface area (Å²) < 4.78 is 7.31. The van der Waals surface area contributed by atoms with Crippen molar-refractivity contribution in [2.24, 2.45) is 5.92 Å². The standard InChI is InChI=1S/C17H23N5O2/c1-2-13-11-22(12-14(13)20-7-9-24-10-8-20)17(23)15-16-19-4-6-21(16)5-3-18-15/h3-6,13-14H,2,7-12H2,1H3/t13-,14+/m0/s1. The van der Waals surface area contributed by atoms with E-state index >= 15 is 0 Å². The summed E-state index contributed by atoms with van der Waals surface area (Å²) in [5.41, 5.74) is 1.07. The van der Waals surface area contributed by atoms with Crippen LogP contribution < -0.4 is 0 Å². The predicted octanol–water partition coefficient (Wildman–Crippen LogP) is 0.912. The Morgan fingerprint density at radius 2 is 1.96 bits per heavy atom. The first-order valence-electron chi connectivity index (χ1n) is 8.66. The van der Waals surface area contributed by atoms with Gasteiger partial charge in [0.05, 0.1) is 13.2 Å². The third-order valence-corrected chi connectivity index (χ3v) is 5.25. The highest BCUT2D eigenvalue weighted by Gasteiger charge is 2.39. The molecule has 4 rings (SSSR count). The molecule has 0 radical (unpaired) electrons. The van der Waals surface area contributed by atoms with E-state index in [1.165, 1.54) is 0 Å². The minimum absolute atomic E-state index is 0.0130. The van der Waals surface area contributed by atoms with Crippen LogP contribution in [-0.2, 0) is 4.74 Å². The molecule has 0 aromatic carbocycles. The number of hydrogen-bond acceptors (Lipinski definition) is 5.